The quantitative estimate of drug-likeness (QED) is 0.280. The van der Waals surface area contributed by atoms with E-state index in [1.165, 1.54) is 0 Å². The van der Waals surface area contributed by atoms with Crippen molar-refractivity contribution in [3.8, 4) is 0 Å². The van der Waals surface area contributed by atoms with Crippen molar-refractivity contribution in [1.29, 1.82) is 0 Å². The summed E-state index contributed by atoms with van der Waals surface area (Å²) in [5.41, 5.74) is 3.43. The molecule has 3 aromatic carbocycles. The van der Waals surface area contributed by atoms with Gasteiger partial charge in [0.1, 0.15) is 5.82 Å². The van der Waals surface area contributed by atoms with Gasteiger partial charge in [-0.15, -0.1) is 0 Å². The Hall–Kier alpha value is -3.29. The van der Waals surface area contributed by atoms with Gasteiger partial charge in [-0.05, 0) is 85.3 Å². The van der Waals surface area contributed by atoms with Gasteiger partial charge in [-0.2, -0.15) is 0 Å². The molecule has 1 N–H and O–H groups in total. The lowest BCUT2D eigenvalue weighted by Crippen LogP contribution is -2.26. The first kappa shape index (κ1) is 22.9. The van der Waals surface area contributed by atoms with Crippen LogP contribution in [0.1, 0.15) is 26.3 Å². The summed E-state index contributed by atoms with van der Waals surface area (Å²) in [4.78, 5) is 31.9. The summed E-state index contributed by atoms with van der Waals surface area (Å²) in [5.74, 6) is -0.0438. The predicted molar refractivity (Wildman–Crippen MR) is 138 cm³/mol. The van der Waals surface area contributed by atoms with E-state index in [2.05, 4.69) is 42.2 Å². The monoisotopic (exact) mass is 563 g/mol. The van der Waals surface area contributed by atoms with Crippen LogP contribution in [-0.4, -0.2) is 16.8 Å². The SMILES string of the molecule is Cc1cccc(N(C(=O)c2ccc(Br)cc2)c2ccc(NC(=O)c3ccc(Br)cc3)nc2)c1. The van der Waals surface area contributed by atoms with Gasteiger partial charge in [0.2, 0.25) is 0 Å². The van der Waals surface area contributed by atoms with Crippen molar-refractivity contribution in [3.63, 3.8) is 0 Å². The Labute approximate surface area is 208 Å². The van der Waals surface area contributed by atoms with E-state index >= 15 is 0 Å². The van der Waals surface area contributed by atoms with E-state index < -0.39 is 0 Å². The smallest absolute Gasteiger partial charge is 0.262 e. The number of anilines is 3. The van der Waals surface area contributed by atoms with Crippen LogP contribution < -0.4 is 10.2 Å². The number of halogens is 2. The molecule has 0 unspecified atom stereocenters. The molecule has 33 heavy (non-hydrogen) atoms. The number of aryl methyl sites for hydroxylation is 1. The first-order chi connectivity index (χ1) is 15.9. The predicted octanol–water partition coefficient (Wildman–Crippen LogP) is 7.15. The molecule has 0 aliphatic rings. The maximum atomic E-state index is 13.5. The molecule has 0 bridgehead atoms. The fourth-order valence-electron chi connectivity index (χ4n) is 3.25. The molecule has 2 amide bonds. The Balaban J connectivity index is 1.63. The summed E-state index contributed by atoms with van der Waals surface area (Å²) in [6, 6.07) is 25.4. The highest BCUT2D eigenvalue weighted by atomic mass is 79.9. The van der Waals surface area contributed by atoms with Crippen molar-refractivity contribution < 1.29 is 9.59 Å². The molecule has 0 saturated heterocycles. The second-order valence-electron chi connectivity index (χ2n) is 7.35. The van der Waals surface area contributed by atoms with Gasteiger partial charge in [0.05, 0.1) is 11.9 Å². The molecule has 1 aromatic heterocycles. The van der Waals surface area contributed by atoms with E-state index in [0.717, 1.165) is 20.2 Å². The Morgan fingerprint density at radius 2 is 1.42 bits per heavy atom. The van der Waals surface area contributed by atoms with Crippen LogP contribution in [0.4, 0.5) is 17.2 Å². The van der Waals surface area contributed by atoms with Crippen LogP contribution in [0.15, 0.2) is 100 Å². The van der Waals surface area contributed by atoms with Gasteiger partial charge in [0.15, 0.2) is 0 Å². The van der Waals surface area contributed by atoms with Crippen LogP contribution in [0.3, 0.4) is 0 Å². The van der Waals surface area contributed by atoms with Crippen LogP contribution >= 0.6 is 31.9 Å². The van der Waals surface area contributed by atoms with Crippen LogP contribution in [0.25, 0.3) is 0 Å². The Bertz CT molecular complexity index is 1290. The number of carbonyl (C=O) groups excluding carboxylic acids is 2. The molecule has 5 nitrogen and oxygen atoms in total. The average molecular weight is 565 g/mol. The molecule has 0 spiro atoms. The number of nitrogens with zero attached hydrogens (tertiary/aromatic N) is 2. The standard InChI is InChI=1S/C26H19Br2N3O2/c1-17-3-2-4-22(15-17)31(26(33)19-7-11-21(28)12-8-19)23-13-14-24(29-16-23)30-25(32)18-5-9-20(27)10-6-18/h2-16H,1H3,(H,29,30,32). The Kier molecular flexibility index (Phi) is 7.01. The summed E-state index contributed by atoms with van der Waals surface area (Å²) in [6.45, 7) is 1.98. The van der Waals surface area contributed by atoms with E-state index in [4.69, 9.17) is 0 Å². The number of amides is 2. The molecule has 0 saturated carbocycles. The fraction of sp³-hybridized carbons (Fsp3) is 0.0385. The second kappa shape index (κ2) is 10.1. The van der Waals surface area contributed by atoms with Gasteiger partial charge in [0, 0.05) is 25.8 Å². The number of benzene rings is 3. The number of pyridine rings is 1. The number of aromatic nitrogens is 1. The third-order valence-corrected chi connectivity index (χ3v) is 5.97. The highest BCUT2D eigenvalue weighted by Gasteiger charge is 2.20. The molecular formula is C26H19Br2N3O2. The lowest BCUT2D eigenvalue weighted by molar-refractivity contribution is 0.0996. The zero-order valence-electron chi connectivity index (χ0n) is 17.6. The van der Waals surface area contributed by atoms with Crippen molar-refractivity contribution in [1.82, 2.24) is 4.98 Å². The minimum absolute atomic E-state index is 0.179. The van der Waals surface area contributed by atoms with E-state index in [0.29, 0.717) is 22.6 Å². The summed E-state index contributed by atoms with van der Waals surface area (Å²) >= 11 is 6.77. The first-order valence-electron chi connectivity index (χ1n) is 10.1. The highest BCUT2D eigenvalue weighted by Crippen LogP contribution is 2.29. The summed E-state index contributed by atoms with van der Waals surface area (Å²) < 4.78 is 1.79. The summed E-state index contributed by atoms with van der Waals surface area (Å²) in [7, 11) is 0. The number of hydrogen-bond acceptors (Lipinski definition) is 3. The van der Waals surface area contributed by atoms with E-state index in [1.54, 1.807) is 59.6 Å². The number of nitrogens with one attached hydrogen (secondary N) is 1. The summed E-state index contributed by atoms with van der Waals surface area (Å²) in [5, 5.41) is 2.79. The highest BCUT2D eigenvalue weighted by molar-refractivity contribution is 9.10. The van der Waals surface area contributed by atoms with Gasteiger partial charge >= 0.3 is 0 Å². The molecule has 0 aliphatic heterocycles. The van der Waals surface area contributed by atoms with Gasteiger partial charge in [-0.25, -0.2) is 4.98 Å². The largest absolute Gasteiger partial charge is 0.307 e. The van der Waals surface area contributed by atoms with Crippen LogP contribution in [0.2, 0.25) is 0 Å². The number of hydrogen-bond donors (Lipinski definition) is 1. The minimum atomic E-state index is -0.260. The number of rotatable bonds is 5. The van der Waals surface area contributed by atoms with Gasteiger partial charge in [-0.1, -0.05) is 44.0 Å². The van der Waals surface area contributed by atoms with E-state index in [1.807, 2.05) is 43.3 Å². The van der Waals surface area contributed by atoms with Gasteiger partial charge in [0.25, 0.3) is 11.8 Å². The summed E-state index contributed by atoms with van der Waals surface area (Å²) in [6.07, 6.45) is 1.58. The van der Waals surface area contributed by atoms with Crippen molar-refractivity contribution in [2.24, 2.45) is 0 Å². The Morgan fingerprint density at radius 1 is 0.788 bits per heavy atom. The number of carbonyl (C=O) groups is 2. The van der Waals surface area contributed by atoms with Crippen molar-refractivity contribution in [2.45, 2.75) is 6.92 Å². The minimum Gasteiger partial charge on any atom is -0.307 e. The average Bonchev–Trinajstić information content (AvgIpc) is 2.81. The zero-order valence-corrected chi connectivity index (χ0v) is 20.8. The third kappa shape index (κ3) is 5.56. The van der Waals surface area contributed by atoms with Crippen LogP contribution in [0.5, 0.6) is 0 Å². The molecule has 164 valence electrons. The van der Waals surface area contributed by atoms with Crippen LogP contribution in [0, 0.1) is 6.92 Å². The van der Waals surface area contributed by atoms with E-state index in [-0.39, 0.29) is 11.8 Å². The molecule has 4 rings (SSSR count). The zero-order chi connectivity index (χ0) is 23.4. The molecule has 0 aliphatic carbocycles. The lowest BCUT2D eigenvalue weighted by atomic mass is 10.1. The van der Waals surface area contributed by atoms with E-state index in [9.17, 15) is 9.59 Å². The van der Waals surface area contributed by atoms with Crippen molar-refractivity contribution in [3.05, 3.63) is 117 Å². The van der Waals surface area contributed by atoms with Crippen molar-refractivity contribution in [2.75, 3.05) is 10.2 Å². The maximum Gasteiger partial charge on any atom is 0.262 e. The first-order valence-corrected chi connectivity index (χ1v) is 11.7. The van der Waals surface area contributed by atoms with Crippen LogP contribution in [-0.2, 0) is 0 Å². The topological polar surface area (TPSA) is 62.3 Å². The Morgan fingerprint density at radius 3 is 2.00 bits per heavy atom. The maximum absolute atomic E-state index is 13.5. The second-order valence-corrected chi connectivity index (χ2v) is 9.18. The lowest BCUT2D eigenvalue weighted by Gasteiger charge is -2.23. The molecule has 7 heteroatoms. The fourth-order valence-corrected chi connectivity index (χ4v) is 3.78. The molecule has 4 aromatic rings. The molecule has 0 radical (unpaired) electrons. The third-order valence-electron chi connectivity index (χ3n) is 4.91. The molecular weight excluding hydrogens is 546 g/mol. The molecule has 0 atom stereocenters. The molecule has 1 heterocycles. The molecule has 0 fully saturated rings. The van der Waals surface area contributed by atoms with Crippen molar-refractivity contribution >= 4 is 60.9 Å². The van der Waals surface area contributed by atoms with Gasteiger partial charge < -0.3 is 5.32 Å². The normalized spacial score (nSPS) is 10.5. The van der Waals surface area contributed by atoms with Gasteiger partial charge in [-0.3, -0.25) is 14.5 Å².